The highest BCUT2D eigenvalue weighted by atomic mass is 32.2. The van der Waals surface area contributed by atoms with Crippen molar-refractivity contribution in [1.29, 1.82) is 0 Å². The van der Waals surface area contributed by atoms with Crippen LogP contribution in [-0.2, 0) is 10.0 Å². The average molecular weight is 331 g/mol. The zero-order chi connectivity index (χ0) is 16.6. The molecule has 0 aliphatic carbocycles. The van der Waals surface area contributed by atoms with Gasteiger partial charge in [0.1, 0.15) is 10.6 Å². The lowest BCUT2D eigenvalue weighted by Gasteiger charge is -2.20. The van der Waals surface area contributed by atoms with E-state index < -0.39 is 16.0 Å². The number of sulfonamides is 1. The SMILES string of the molecule is CN(c1cccc2cc(C(=O)O)[nH]c12)S(=O)(=O)c1cccnc1. The molecule has 0 saturated carbocycles. The Bertz CT molecular complexity index is 980. The molecule has 0 radical (unpaired) electrons. The molecule has 23 heavy (non-hydrogen) atoms. The van der Waals surface area contributed by atoms with E-state index in [1.54, 1.807) is 24.3 Å². The Hall–Kier alpha value is -2.87. The van der Waals surface area contributed by atoms with E-state index in [4.69, 9.17) is 5.11 Å². The third-order valence-electron chi connectivity index (χ3n) is 3.50. The Balaban J connectivity index is 2.15. The maximum Gasteiger partial charge on any atom is 0.352 e. The molecule has 2 N–H and O–H groups in total. The molecule has 1 aromatic carbocycles. The summed E-state index contributed by atoms with van der Waals surface area (Å²) < 4.78 is 26.5. The van der Waals surface area contributed by atoms with E-state index in [0.29, 0.717) is 16.6 Å². The summed E-state index contributed by atoms with van der Waals surface area (Å²) >= 11 is 0. The molecular weight excluding hydrogens is 318 g/mol. The van der Waals surface area contributed by atoms with Crippen LogP contribution in [0, 0.1) is 0 Å². The van der Waals surface area contributed by atoms with Gasteiger partial charge in [-0.3, -0.25) is 9.29 Å². The summed E-state index contributed by atoms with van der Waals surface area (Å²) in [7, 11) is -2.38. The zero-order valence-electron chi connectivity index (χ0n) is 12.1. The monoisotopic (exact) mass is 331 g/mol. The number of aromatic carboxylic acids is 1. The first-order valence-electron chi connectivity index (χ1n) is 6.65. The third kappa shape index (κ3) is 2.53. The highest BCUT2D eigenvalue weighted by Crippen LogP contribution is 2.29. The van der Waals surface area contributed by atoms with Crippen molar-refractivity contribution in [1.82, 2.24) is 9.97 Å². The summed E-state index contributed by atoms with van der Waals surface area (Å²) in [5, 5.41) is 9.70. The number of pyridine rings is 1. The molecule has 3 aromatic rings. The lowest BCUT2D eigenvalue weighted by molar-refractivity contribution is 0.0691. The van der Waals surface area contributed by atoms with Crippen LogP contribution >= 0.6 is 0 Å². The first kappa shape index (κ1) is 15.0. The Morgan fingerprint density at radius 2 is 2.04 bits per heavy atom. The number of hydrogen-bond acceptors (Lipinski definition) is 4. The Labute approximate surface area is 132 Å². The molecule has 0 saturated heterocycles. The van der Waals surface area contributed by atoms with Gasteiger partial charge in [-0.15, -0.1) is 0 Å². The van der Waals surface area contributed by atoms with Crippen molar-refractivity contribution in [3.05, 3.63) is 54.5 Å². The minimum absolute atomic E-state index is 0.000347. The number of carbonyl (C=O) groups is 1. The van der Waals surface area contributed by atoms with Crippen molar-refractivity contribution in [2.45, 2.75) is 4.90 Å². The fraction of sp³-hybridized carbons (Fsp3) is 0.0667. The molecular formula is C15H13N3O4S. The average Bonchev–Trinajstić information content (AvgIpc) is 2.99. The molecule has 7 nitrogen and oxygen atoms in total. The van der Waals surface area contributed by atoms with E-state index in [-0.39, 0.29) is 10.6 Å². The van der Waals surface area contributed by atoms with Crippen molar-refractivity contribution in [2.24, 2.45) is 0 Å². The van der Waals surface area contributed by atoms with Crippen LogP contribution < -0.4 is 4.31 Å². The van der Waals surface area contributed by atoms with Gasteiger partial charge in [-0.2, -0.15) is 0 Å². The van der Waals surface area contributed by atoms with Gasteiger partial charge in [-0.05, 0) is 24.3 Å². The Morgan fingerprint density at radius 3 is 2.70 bits per heavy atom. The summed E-state index contributed by atoms with van der Waals surface area (Å²) in [6.07, 6.45) is 2.76. The quantitative estimate of drug-likeness (QED) is 0.762. The second-order valence-corrected chi connectivity index (χ2v) is 6.86. The summed E-state index contributed by atoms with van der Waals surface area (Å²) in [5.41, 5.74) is 0.804. The van der Waals surface area contributed by atoms with Gasteiger partial charge >= 0.3 is 5.97 Å². The zero-order valence-corrected chi connectivity index (χ0v) is 12.9. The van der Waals surface area contributed by atoms with E-state index in [9.17, 15) is 13.2 Å². The van der Waals surface area contributed by atoms with Crippen LogP contribution in [-0.4, -0.2) is 36.5 Å². The maximum atomic E-state index is 12.7. The van der Waals surface area contributed by atoms with Gasteiger partial charge in [-0.1, -0.05) is 12.1 Å². The number of nitrogens with zero attached hydrogens (tertiary/aromatic N) is 2. The minimum Gasteiger partial charge on any atom is -0.477 e. The Kier molecular flexibility index (Phi) is 3.53. The van der Waals surface area contributed by atoms with E-state index >= 15 is 0 Å². The molecule has 8 heteroatoms. The van der Waals surface area contributed by atoms with Crippen LogP contribution in [0.25, 0.3) is 10.9 Å². The van der Waals surface area contributed by atoms with E-state index in [2.05, 4.69) is 9.97 Å². The normalized spacial score (nSPS) is 11.5. The number of para-hydroxylation sites is 1. The molecule has 118 valence electrons. The molecule has 0 atom stereocenters. The van der Waals surface area contributed by atoms with Crippen molar-refractivity contribution in [2.75, 3.05) is 11.4 Å². The van der Waals surface area contributed by atoms with Crippen LogP contribution in [0.4, 0.5) is 5.69 Å². The molecule has 0 fully saturated rings. The summed E-state index contributed by atoms with van der Waals surface area (Å²) in [5.74, 6) is -1.11. The first-order valence-corrected chi connectivity index (χ1v) is 8.09. The number of benzene rings is 1. The molecule has 0 aliphatic rings. The molecule has 0 bridgehead atoms. The van der Waals surface area contributed by atoms with Crippen LogP contribution in [0.5, 0.6) is 0 Å². The fourth-order valence-electron chi connectivity index (χ4n) is 2.31. The van der Waals surface area contributed by atoms with Crippen molar-refractivity contribution >= 4 is 32.6 Å². The van der Waals surface area contributed by atoms with Crippen LogP contribution in [0.15, 0.2) is 53.7 Å². The predicted octanol–water partition coefficient (Wildman–Crippen LogP) is 2.09. The fourth-order valence-corrected chi connectivity index (χ4v) is 3.48. The van der Waals surface area contributed by atoms with Crippen LogP contribution in [0.3, 0.4) is 0 Å². The highest BCUT2D eigenvalue weighted by molar-refractivity contribution is 7.92. The third-order valence-corrected chi connectivity index (χ3v) is 5.25. The number of carboxylic acid groups (broad SMARTS) is 1. The summed E-state index contributed by atoms with van der Waals surface area (Å²) in [4.78, 5) is 17.7. The number of nitrogens with one attached hydrogen (secondary N) is 1. The van der Waals surface area contributed by atoms with Crippen molar-refractivity contribution in [3.63, 3.8) is 0 Å². The molecule has 3 rings (SSSR count). The number of aromatic nitrogens is 2. The molecule has 2 heterocycles. The topological polar surface area (TPSA) is 103 Å². The number of anilines is 1. The van der Waals surface area contributed by atoms with Gasteiger partial charge in [0, 0.05) is 24.8 Å². The second-order valence-electron chi connectivity index (χ2n) is 4.89. The molecule has 2 aromatic heterocycles. The summed E-state index contributed by atoms with van der Waals surface area (Å²) in [6, 6.07) is 9.46. The van der Waals surface area contributed by atoms with Gasteiger partial charge < -0.3 is 10.1 Å². The van der Waals surface area contributed by atoms with E-state index in [1.165, 1.54) is 31.6 Å². The van der Waals surface area contributed by atoms with Gasteiger partial charge in [-0.25, -0.2) is 13.2 Å². The highest BCUT2D eigenvalue weighted by Gasteiger charge is 2.23. The van der Waals surface area contributed by atoms with Gasteiger partial charge in [0.05, 0.1) is 11.2 Å². The Morgan fingerprint density at radius 1 is 1.26 bits per heavy atom. The summed E-state index contributed by atoms with van der Waals surface area (Å²) in [6.45, 7) is 0. The van der Waals surface area contributed by atoms with Crippen molar-refractivity contribution in [3.8, 4) is 0 Å². The van der Waals surface area contributed by atoms with Gasteiger partial charge in [0.25, 0.3) is 10.0 Å². The van der Waals surface area contributed by atoms with Gasteiger partial charge in [0.2, 0.25) is 0 Å². The first-order chi connectivity index (χ1) is 10.9. The number of rotatable bonds is 4. The lowest BCUT2D eigenvalue weighted by atomic mass is 10.2. The number of aromatic amines is 1. The standard InChI is InChI=1S/C15H13N3O4S/c1-18(23(21,22)11-5-3-7-16-9-11)13-6-2-4-10-8-12(15(19)20)17-14(10)13/h2-9,17H,1H3,(H,19,20). The molecule has 0 spiro atoms. The van der Waals surface area contributed by atoms with Crippen molar-refractivity contribution < 1.29 is 18.3 Å². The largest absolute Gasteiger partial charge is 0.477 e. The predicted molar refractivity (Wildman–Crippen MR) is 85.1 cm³/mol. The number of hydrogen-bond donors (Lipinski definition) is 2. The van der Waals surface area contributed by atoms with E-state index in [1.807, 2.05) is 0 Å². The number of carboxylic acids is 1. The second kappa shape index (κ2) is 5.40. The van der Waals surface area contributed by atoms with E-state index in [0.717, 1.165) is 4.31 Å². The molecule has 0 amide bonds. The maximum absolute atomic E-state index is 12.7. The number of fused-ring (bicyclic) bond motifs is 1. The minimum atomic E-state index is -3.79. The lowest BCUT2D eigenvalue weighted by Crippen LogP contribution is -2.26. The van der Waals surface area contributed by atoms with Gasteiger partial charge in [0.15, 0.2) is 0 Å². The molecule has 0 unspecified atom stereocenters. The van der Waals surface area contributed by atoms with Crippen LogP contribution in [0.1, 0.15) is 10.5 Å². The molecule has 0 aliphatic heterocycles. The number of H-pyrrole nitrogens is 1. The smallest absolute Gasteiger partial charge is 0.352 e. The van der Waals surface area contributed by atoms with Crippen LogP contribution in [0.2, 0.25) is 0 Å².